The molecule has 0 saturated carbocycles. The van der Waals surface area contributed by atoms with Crippen LogP contribution in [0.1, 0.15) is 20.7 Å². The van der Waals surface area contributed by atoms with Gasteiger partial charge >= 0.3 is 5.97 Å². The fourth-order valence-electron chi connectivity index (χ4n) is 3.34. The predicted molar refractivity (Wildman–Crippen MR) is 146 cm³/mol. The van der Waals surface area contributed by atoms with Crippen molar-refractivity contribution in [3.05, 3.63) is 82.1 Å². The Hall–Kier alpha value is -4.68. The van der Waals surface area contributed by atoms with Crippen molar-refractivity contribution in [1.29, 1.82) is 0 Å². The number of guanidine groups is 1. The van der Waals surface area contributed by atoms with Crippen molar-refractivity contribution in [2.75, 3.05) is 13.1 Å². The first-order valence-electron chi connectivity index (χ1n) is 11.2. The molecular formula is C25H23Cl2N7O5. The van der Waals surface area contributed by atoms with Gasteiger partial charge in [-0.05, 0) is 53.6 Å². The number of rotatable bonds is 10. The molecule has 0 aliphatic heterocycles. The van der Waals surface area contributed by atoms with Crippen LogP contribution >= 0.6 is 23.2 Å². The summed E-state index contributed by atoms with van der Waals surface area (Å²) in [6.07, 6.45) is 3.17. The quantitative estimate of drug-likeness (QED) is 0.156. The van der Waals surface area contributed by atoms with E-state index in [-0.39, 0.29) is 27.1 Å². The maximum atomic E-state index is 12.8. The molecule has 3 amide bonds. The van der Waals surface area contributed by atoms with Gasteiger partial charge in [-0.3, -0.25) is 19.4 Å². The zero-order valence-electron chi connectivity index (χ0n) is 20.2. The van der Waals surface area contributed by atoms with Gasteiger partial charge in [0.1, 0.15) is 6.04 Å². The molecule has 0 bridgehead atoms. The number of carboxylic acids is 1. The minimum atomic E-state index is -1.51. The van der Waals surface area contributed by atoms with E-state index in [2.05, 4.69) is 25.9 Å². The average molecular weight is 572 g/mol. The molecule has 3 aromatic rings. The number of halogens is 2. The molecule has 1 heterocycles. The van der Waals surface area contributed by atoms with E-state index in [9.17, 15) is 24.3 Å². The van der Waals surface area contributed by atoms with Crippen molar-refractivity contribution < 1.29 is 24.3 Å². The SMILES string of the molecule is NC(N)=Nc1cccc(C(=O)NCC(=O)NC[C@H](NC(=O)c2c(Cl)cc(-c3ccncc3)cc2Cl)C(=O)O)c1. The first-order valence-corrected chi connectivity index (χ1v) is 12.0. The topological polar surface area (TPSA) is 202 Å². The highest BCUT2D eigenvalue weighted by molar-refractivity contribution is 6.40. The molecule has 8 N–H and O–H groups in total. The van der Waals surface area contributed by atoms with Crippen LogP contribution in [0, 0.1) is 0 Å². The van der Waals surface area contributed by atoms with Gasteiger partial charge in [0.05, 0.1) is 27.8 Å². The number of aromatic nitrogens is 1. The second-order valence-electron chi connectivity index (χ2n) is 7.99. The molecule has 0 radical (unpaired) electrons. The van der Waals surface area contributed by atoms with Crippen LogP contribution in [0.15, 0.2) is 65.9 Å². The third-order valence-electron chi connectivity index (χ3n) is 5.17. The fraction of sp³-hybridized carbons (Fsp3) is 0.120. The van der Waals surface area contributed by atoms with Crippen molar-refractivity contribution in [3.8, 4) is 11.1 Å². The lowest BCUT2D eigenvalue weighted by Crippen LogP contribution is -2.50. The summed E-state index contributed by atoms with van der Waals surface area (Å²) >= 11 is 12.6. The minimum absolute atomic E-state index is 0.00612. The Kier molecular flexibility index (Phi) is 9.79. The van der Waals surface area contributed by atoms with E-state index in [1.54, 1.807) is 36.7 Å². The highest BCUT2D eigenvalue weighted by Gasteiger charge is 2.25. The second-order valence-corrected chi connectivity index (χ2v) is 8.80. The zero-order chi connectivity index (χ0) is 28.5. The summed E-state index contributed by atoms with van der Waals surface area (Å²) < 4.78 is 0. The first-order chi connectivity index (χ1) is 18.5. The Morgan fingerprint density at radius 2 is 1.59 bits per heavy atom. The Bertz CT molecular complexity index is 1410. The van der Waals surface area contributed by atoms with Crippen LogP contribution in [0.2, 0.25) is 10.0 Å². The number of hydrogen-bond acceptors (Lipinski definition) is 6. The third-order valence-corrected chi connectivity index (χ3v) is 5.76. The number of benzene rings is 2. The monoisotopic (exact) mass is 571 g/mol. The van der Waals surface area contributed by atoms with E-state index in [1.165, 1.54) is 24.3 Å². The molecule has 202 valence electrons. The lowest BCUT2D eigenvalue weighted by Gasteiger charge is -2.17. The highest BCUT2D eigenvalue weighted by atomic mass is 35.5. The molecule has 0 saturated heterocycles. The van der Waals surface area contributed by atoms with E-state index >= 15 is 0 Å². The summed E-state index contributed by atoms with van der Waals surface area (Å²) in [5, 5.41) is 16.6. The molecule has 0 unspecified atom stereocenters. The highest BCUT2D eigenvalue weighted by Crippen LogP contribution is 2.31. The Morgan fingerprint density at radius 3 is 2.21 bits per heavy atom. The van der Waals surface area contributed by atoms with E-state index in [0.29, 0.717) is 11.3 Å². The van der Waals surface area contributed by atoms with Crippen molar-refractivity contribution in [3.63, 3.8) is 0 Å². The number of hydrogen-bond donors (Lipinski definition) is 6. The van der Waals surface area contributed by atoms with Crippen LogP contribution in [-0.4, -0.2) is 58.9 Å². The number of aliphatic imine (C=N–C) groups is 1. The number of carbonyl (C=O) groups excluding carboxylic acids is 3. The van der Waals surface area contributed by atoms with E-state index < -0.39 is 42.8 Å². The lowest BCUT2D eigenvalue weighted by atomic mass is 10.0. The predicted octanol–water partition coefficient (Wildman–Crippen LogP) is 1.69. The van der Waals surface area contributed by atoms with Crippen molar-refractivity contribution in [2.24, 2.45) is 16.5 Å². The lowest BCUT2D eigenvalue weighted by molar-refractivity contribution is -0.139. The van der Waals surface area contributed by atoms with Gasteiger partial charge in [-0.1, -0.05) is 29.3 Å². The largest absolute Gasteiger partial charge is 0.480 e. The normalized spacial score (nSPS) is 11.1. The maximum Gasteiger partial charge on any atom is 0.328 e. The molecule has 1 atom stereocenters. The van der Waals surface area contributed by atoms with Gasteiger partial charge in [-0.2, -0.15) is 0 Å². The van der Waals surface area contributed by atoms with Crippen LogP contribution in [0.5, 0.6) is 0 Å². The van der Waals surface area contributed by atoms with Gasteiger partial charge in [0.25, 0.3) is 11.8 Å². The van der Waals surface area contributed by atoms with E-state index in [1.807, 2.05) is 0 Å². The maximum absolute atomic E-state index is 12.8. The van der Waals surface area contributed by atoms with E-state index in [4.69, 9.17) is 34.7 Å². The molecule has 3 rings (SSSR count). The molecule has 14 heteroatoms. The van der Waals surface area contributed by atoms with Crippen molar-refractivity contribution in [1.82, 2.24) is 20.9 Å². The van der Waals surface area contributed by atoms with Crippen LogP contribution in [-0.2, 0) is 9.59 Å². The van der Waals surface area contributed by atoms with Gasteiger partial charge in [0.15, 0.2) is 5.96 Å². The molecule has 12 nitrogen and oxygen atoms in total. The molecule has 0 aliphatic carbocycles. The van der Waals surface area contributed by atoms with E-state index in [0.717, 1.165) is 5.56 Å². The molecule has 0 aliphatic rings. The number of pyridine rings is 1. The third kappa shape index (κ3) is 8.15. The number of nitrogens with two attached hydrogens (primary N) is 2. The molecule has 39 heavy (non-hydrogen) atoms. The van der Waals surface area contributed by atoms with Gasteiger partial charge in [-0.15, -0.1) is 0 Å². The molecule has 1 aromatic heterocycles. The molecule has 2 aromatic carbocycles. The van der Waals surface area contributed by atoms with Crippen molar-refractivity contribution >= 4 is 58.5 Å². The summed E-state index contributed by atoms with van der Waals surface area (Å²) in [6.45, 7) is -0.931. The Morgan fingerprint density at radius 1 is 0.923 bits per heavy atom. The van der Waals surface area contributed by atoms with Gasteiger partial charge in [0, 0.05) is 24.5 Å². The second kappa shape index (κ2) is 13.2. The zero-order valence-corrected chi connectivity index (χ0v) is 21.7. The van der Waals surface area contributed by atoms with Gasteiger partial charge < -0.3 is 32.5 Å². The van der Waals surface area contributed by atoms with Crippen molar-refractivity contribution in [2.45, 2.75) is 6.04 Å². The first kappa shape index (κ1) is 28.9. The summed E-state index contributed by atoms with van der Waals surface area (Å²) in [5.74, 6) is -3.72. The Labute approximate surface area is 232 Å². The number of nitrogens with one attached hydrogen (secondary N) is 3. The summed E-state index contributed by atoms with van der Waals surface area (Å²) in [6, 6.07) is 11.0. The molecule has 0 spiro atoms. The van der Waals surface area contributed by atoms with Crippen LogP contribution in [0.25, 0.3) is 11.1 Å². The van der Waals surface area contributed by atoms with Crippen LogP contribution in [0.4, 0.5) is 5.69 Å². The van der Waals surface area contributed by atoms with Crippen LogP contribution < -0.4 is 27.4 Å². The smallest absolute Gasteiger partial charge is 0.328 e. The standard InChI is InChI=1S/C25H23Cl2N7O5/c26-17-9-15(13-4-6-30-7-5-13)10-18(27)21(17)23(37)34-19(24(38)39)11-31-20(35)12-32-22(36)14-2-1-3-16(8-14)33-25(28)29/h1-10,19H,11-12H2,(H,31,35)(H,32,36)(H,34,37)(H,38,39)(H4,28,29,33)/t19-/m0/s1. The number of aliphatic carboxylic acids is 1. The number of amides is 3. The Balaban J connectivity index is 1.58. The molecular weight excluding hydrogens is 549 g/mol. The summed E-state index contributed by atoms with van der Waals surface area (Å²) in [7, 11) is 0. The number of carboxylic acid groups (broad SMARTS) is 1. The summed E-state index contributed by atoms with van der Waals surface area (Å²) in [5.41, 5.74) is 12.5. The number of carbonyl (C=O) groups is 4. The molecule has 0 fully saturated rings. The summed E-state index contributed by atoms with van der Waals surface area (Å²) in [4.78, 5) is 56.9. The number of nitrogens with zero attached hydrogens (tertiary/aromatic N) is 2. The average Bonchev–Trinajstić information content (AvgIpc) is 2.89. The van der Waals surface area contributed by atoms with Crippen LogP contribution in [0.3, 0.4) is 0 Å². The van der Waals surface area contributed by atoms with Gasteiger partial charge in [0.2, 0.25) is 5.91 Å². The fourth-order valence-corrected chi connectivity index (χ4v) is 4.00. The van der Waals surface area contributed by atoms with Gasteiger partial charge in [-0.25, -0.2) is 9.79 Å². The minimum Gasteiger partial charge on any atom is -0.480 e.